The molecule has 0 spiro atoms. The summed E-state index contributed by atoms with van der Waals surface area (Å²) in [6, 6.07) is -0.685. The van der Waals surface area contributed by atoms with Crippen molar-refractivity contribution >= 4 is 5.78 Å². The Bertz CT molecular complexity index is 187. The number of hydrogen-bond donors (Lipinski definition) is 2. The molecule has 0 aromatic rings. The topological polar surface area (TPSA) is 41.1 Å². The molecule has 0 saturated carbocycles. The van der Waals surface area contributed by atoms with E-state index in [0.29, 0.717) is 13.1 Å². The largest absolute Gasteiger partial charge is 0.395 e. The number of carbonyl (C=O) groups excluding carboxylic acids is 1. The zero-order valence-corrected chi connectivity index (χ0v) is 6.95. The number of nitrogens with one attached hydrogen (secondary N) is 2. The lowest BCUT2D eigenvalue weighted by molar-refractivity contribution is -0.153. The fourth-order valence-electron chi connectivity index (χ4n) is 1.20. The van der Waals surface area contributed by atoms with Gasteiger partial charge >= 0.3 is 6.18 Å². The fraction of sp³-hybridized carbons (Fsp3) is 0.857. The van der Waals surface area contributed by atoms with Gasteiger partial charge in [0, 0.05) is 19.6 Å². The van der Waals surface area contributed by atoms with Crippen LogP contribution in [-0.4, -0.2) is 37.6 Å². The number of Topliss-reactive ketones (excluding diaryl/α,β-unsaturated/α-hetero) is 1. The first-order valence-corrected chi connectivity index (χ1v) is 4.02. The molecule has 76 valence electrons. The van der Waals surface area contributed by atoms with Gasteiger partial charge in [-0.2, -0.15) is 13.2 Å². The third-order valence-electron chi connectivity index (χ3n) is 1.80. The van der Waals surface area contributed by atoms with Crippen molar-refractivity contribution in [2.24, 2.45) is 0 Å². The Morgan fingerprint density at radius 1 is 1.38 bits per heavy atom. The van der Waals surface area contributed by atoms with Gasteiger partial charge in [0.2, 0.25) is 0 Å². The molecule has 1 rings (SSSR count). The third-order valence-corrected chi connectivity index (χ3v) is 1.80. The van der Waals surface area contributed by atoms with E-state index in [1.54, 1.807) is 0 Å². The summed E-state index contributed by atoms with van der Waals surface area (Å²) in [4.78, 5) is 11.0. The first kappa shape index (κ1) is 10.5. The second-order valence-corrected chi connectivity index (χ2v) is 2.97. The lowest BCUT2D eigenvalue weighted by Gasteiger charge is -2.23. The molecule has 1 fully saturated rings. The van der Waals surface area contributed by atoms with E-state index in [0.717, 1.165) is 0 Å². The average molecular weight is 196 g/mol. The molecule has 1 heterocycles. The van der Waals surface area contributed by atoms with Crippen LogP contribution in [-0.2, 0) is 4.79 Å². The molecule has 6 heteroatoms. The summed E-state index contributed by atoms with van der Waals surface area (Å²) in [5.41, 5.74) is 0. The Morgan fingerprint density at radius 3 is 2.54 bits per heavy atom. The number of piperazine rings is 1. The molecule has 0 bridgehead atoms. The second kappa shape index (κ2) is 4.06. The van der Waals surface area contributed by atoms with Gasteiger partial charge in [-0.1, -0.05) is 0 Å². The van der Waals surface area contributed by atoms with E-state index < -0.39 is 24.4 Å². The quantitative estimate of drug-likeness (QED) is 0.656. The van der Waals surface area contributed by atoms with E-state index in [-0.39, 0.29) is 6.54 Å². The highest BCUT2D eigenvalue weighted by Crippen LogP contribution is 2.20. The van der Waals surface area contributed by atoms with Gasteiger partial charge in [0.15, 0.2) is 5.78 Å². The standard InChI is InChI=1S/C7H11F3N2O/c8-7(9,10)3-6(13)5-4-11-1-2-12-5/h5,11-12H,1-4H2. The summed E-state index contributed by atoms with van der Waals surface area (Å²) >= 11 is 0. The van der Waals surface area contributed by atoms with Crippen molar-refractivity contribution in [3.63, 3.8) is 0 Å². The van der Waals surface area contributed by atoms with Crippen LogP contribution in [0.5, 0.6) is 0 Å². The van der Waals surface area contributed by atoms with Gasteiger partial charge in [0.05, 0.1) is 6.04 Å². The van der Waals surface area contributed by atoms with E-state index in [9.17, 15) is 18.0 Å². The second-order valence-electron chi connectivity index (χ2n) is 2.97. The normalized spacial score (nSPS) is 24.4. The van der Waals surface area contributed by atoms with Crippen LogP contribution in [0.25, 0.3) is 0 Å². The molecule has 0 aromatic heterocycles. The van der Waals surface area contributed by atoms with Crippen LogP contribution >= 0.6 is 0 Å². The number of alkyl halides is 3. The summed E-state index contributed by atoms with van der Waals surface area (Å²) in [5, 5.41) is 5.58. The van der Waals surface area contributed by atoms with Gasteiger partial charge in [-0.15, -0.1) is 0 Å². The maximum Gasteiger partial charge on any atom is 0.395 e. The van der Waals surface area contributed by atoms with Crippen LogP contribution in [0.1, 0.15) is 6.42 Å². The molecule has 3 nitrogen and oxygen atoms in total. The van der Waals surface area contributed by atoms with Gasteiger partial charge < -0.3 is 10.6 Å². The predicted molar refractivity (Wildman–Crippen MR) is 40.3 cm³/mol. The van der Waals surface area contributed by atoms with Crippen molar-refractivity contribution in [2.75, 3.05) is 19.6 Å². The molecule has 2 N–H and O–H groups in total. The predicted octanol–water partition coefficient (Wildman–Crippen LogP) is 0.0693. The third kappa shape index (κ3) is 3.73. The van der Waals surface area contributed by atoms with E-state index in [4.69, 9.17) is 0 Å². The van der Waals surface area contributed by atoms with E-state index >= 15 is 0 Å². The Hall–Kier alpha value is -0.620. The molecule has 1 saturated heterocycles. The summed E-state index contributed by atoms with van der Waals surface area (Å²) in [6.45, 7) is 1.51. The van der Waals surface area contributed by atoms with Gasteiger partial charge in [-0.3, -0.25) is 4.79 Å². The molecule has 0 amide bonds. The van der Waals surface area contributed by atoms with E-state index in [1.165, 1.54) is 0 Å². The first-order valence-electron chi connectivity index (χ1n) is 4.02. The Kier molecular flexibility index (Phi) is 3.27. The highest BCUT2D eigenvalue weighted by molar-refractivity contribution is 5.84. The number of halogens is 3. The van der Waals surface area contributed by atoms with Crippen molar-refractivity contribution in [3.8, 4) is 0 Å². The molecule has 1 unspecified atom stereocenters. The maximum absolute atomic E-state index is 11.8. The highest BCUT2D eigenvalue weighted by atomic mass is 19.4. The van der Waals surface area contributed by atoms with Gasteiger partial charge in [0.25, 0.3) is 0 Å². The minimum absolute atomic E-state index is 0.287. The van der Waals surface area contributed by atoms with Crippen molar-refractivity contribution in [2.45, 2.75) is 18.6 Å². The minimum atomic E-state index is -4.39. The molecule has 0 aromatic carbocycles. The van der Waals surface area contributed by atoms with E-state index in [2.05, 4.69) is 10.6 Å². The van der Waals surface area contributed by atoms with Crippen LogP contribution in [0.4, 0.5) is 13.2 Å². The average Bonchev–Trinajstić information content (AvgIpc) is 2.03. The van der Waals surface area contributed by atoms with Crippen LogP contribution in [0, 0.1) is 0 Å². The molecule has 13 heavy (non-hydrogen) atoms. The van der Waals surface area contributed by atoms with Gasteiger partial charge in [-0.25, -0.2) is 0 Å². The Balaban J connectivity index is 2.38. The smallest absolute Gasteiger partial charge is 0.313 e. The lowest BCUT2D eigenvalue weighted by atomic mass is 10.1. The number of rotatable bonds is 2. The van der Waals surface area contributed by atoms with Crippen molar-refractivity contribution < 1.29 is 18.0 Å². The van der Waals surface area contributed by atoms with Crippen LogP contribution in [0.2, 0.25) is 0 Å². The van der Waals surface area contributed by atoms with Crippen molar-refractivity contribution in [3.05, 3.63) is 0 Å². The SMILES string of the molecule is O=C(CC(F)(F)F)C1CNCCN1. The number of ketones is 1. The minimum Gasteiger partial charge on any atom is -0.313 e. The molecule has 1 atom stereocenters. The zero-order chi connectivity index (χ0) is 9.90. The molecular weight excluding hydrogens is 185 g/mol. The van der Waals surface area contributed by atoms with Crippen LogP contribution in [0.3, 0.4) is 0 Å². The number of hydrogen-bond acceptors (Lipinski definition) is 3. The molecular formula is C7H11F3N2O. The van der Waals surface area contributed by atoms with Gasteiger partial charge in [0.1, 0.15) is 6.42 Å². The molecule has 1 aliphatic rings. The number of carbonyl (C=O) groups is 1. The summed E-state index contributed by atoms with van der Waals surface area (Å²) in [7, 11) is 0. The molecule has 0 aliphatic carbocycles. The highest BCUT2D eigenvalue weighted by Gasteiger charge is 2.34. The Morgan fingerprint density at radius 2 is 2.08 bits per heavy atom. The van der Waals surface area contributed by atoms with Crippen molar-refractivity contribution in [1.82, 2.24) is 10.6 Å². The Labute approximate surface area is 73.7 Å². The summed E-state index contributed by atoms with van der Waals surface area (Å²) in [5.74, 6) is -0.792. The summed E-state index contributed by atoms with van der Waals surface area (Å²) in [6.07, 6.45) is -5.73. The fourth-order valence-corrected chi connectivity index (χ4v) is 1.20. The van der Waals surface area contributed by atoms with E-state index in [1.807, 2.05) is 0 Å². The van der Waals surface area contributed by atoms with Crippen LogP contribution < -0.4 is 10.6 Å². The molecule has 0 radical (unpaired) electrons. The molecule has 1 aliphatic heterocycles. The van der Waals surface area contributed by atoms with Crippen molar-refractivity contribution in [1.29, 1.82) is 0 Å². The van der Waals surface area contributed by atoms with Crippen LogP contribution in [0.15, 0.2) is 0 Å². The summed E-state index contributed by atoms with van der Waals surface area (Å²) < 4.78 is 35.4. The van der Waals surface area contributed by atoms with Gasteiger partial charge in [-0.05, 0) is 0 Å². The zero-order valence-electron chi connectivity index (χ0n) is 6.95. The maximum atomic E-state index is 11.8. The first-order chi connectivity index (χ1) is 5.99. The monoisotopic (exact) mass is 196 g/mol. The lowest BCUT2D eigenvalue weighted by Crippen LogP contribution is -2.52.